The molecular weight excluding hydrogens is 516 g/mol. The standard InChI is InChI=1S/C29H32N4O5S/c1-21-11-15-38-27(21)29(36)32-25-8-5-7-22(18-25)23-17-24(20-31-19-23)28(35)33-39(37,16-6-12-30-13-14-34)26-9-3-2-4-10-26/h2-5,7-9,11,15,17-20,26,30,34H,6,10,12-14,16H2,1H3,(H,32,36)/t26?,39-/m0/s1. The predicted molar refractivity (Wildman–Crippen MR) is 152 cm³/mol. The lowest BCUT2D eigenvalue weighted by molar-refractivity contribution is 0.0991. The van der Waals surface area contributed by atoms with Gasteiger partial charge in [-0.1, -0.05) is 36.4 Å². The number of anilines is 1. The SMILES string of the molecule is Cc1ccoc1C(=O)Nc1cccc(-c2cncc(C(=O)N=[S@](=O)(CCCNCCO)C3C=CC=CC3)c2)c1. The van der Waals surface area contributed by atoms with Gasteiger partial charge in [-0.05, 0) is 56.1 Å². The van der Waals surface area contributed by atoms with Crippen molar-refractivity contribution in [1.82, 2.24) is 10.3 Å². The molecule has 0 fully saturated rings. The molecule has 3 N–H and O–H groups in total. The lowest BCUT2D eigenvalue weighted by atomic mass is 10.1. The third-order valence-corrected chi connectivity index (χ3v) is 8.88. The molecule has 10 heteroatoms. The zero-order chi connectivity index (χ0) is 27.7. The third-order valence-electron chi connectivity index (χ3n) is 6.24. The average molecular weight is 549 g/mol. The molecule has 1 unspecified atom stereocenters. The minimum Gasteiger partial charge on any atom is -0.459 e. The van der Waals surface area contributed by atoms with Crippen molar-refractivity contribution in [1.29, 1.82) is 0 Å². The Bertz CT molecular complexity index is 1500. The normalized spacial score (nSPS) is 16.0. The molecule has 39 heavy (non-hydrogen) atoms. The van der Waals surface area contributed by atoms with Crippen LogP contribution in [-0.2, 0) is 9.73 Å². The van der Waals surface area contributed by atoms with Gasteiger partial charge in [-0.25, -0.2) is 4.21 Å². The molecule has 2 amide bonds. The smallest absolute Gasteiger partial charge is 0.291 e. The molecular formula is C29H32N4O5S. The lowest BCUT2D eigenvalue weighted by Gasteiger charge is -2.19. The number of aromatic nitrogens is 1. The van der Waals surface area contributed by atoms with Gasteiger partial charge in [0.2, 0.25) is 0 Å². The van der Waals surface area contributed by atoms with Crippen molar-refractivity contribution in [3.8, 4) is 11.1 Å². The van der Waals surface area contributed by atoms with Gasteiger partial charge in [0, 0.05) is 41.5 Å². The van der Waals surface area contributed by atoms with Crippen molar-refractivity contribution in [3.05, 3.63) is 96.2 Å². The van der Waals surface area contributed by atoms with E-state index >= 15 is 0 Å². The summed E-state index contributed by atoms with van der Waals surface area (Å²) in [6.45, 7) is 2.84. The van der Waals surface area contributed by atoms with E-state index in [1.165, 1.54) is 12.5 Å². The van der Waals surface area contributed by atoms with Gasteiger partial charge in [0.15, 0.2) is 5.76 Å². The Balaban J connectivity index is 1.55. The van der Waals surface area contributed by atoms with Crippen LogP contribution in [-0.4, -0.2) is 56.8 Å². The van der Waals surface area contributed by atoms with Crippen LogP contribution in [0.25, 0.3) is 11.1 Å². The van der Waals surface area contributed by atoms with E-state index in [0.29, 0.717) is 37.2 Å². The van der Waals surface area contributed by atoms with Gasteiger partial charge in [-0.15, -0.1) is 0 Å². The van der Waals surface area contributed by atoms with Crippen LogP contribution in [0.2, 0.25) is 0 Å². The molecule has 0 spiro atoms. The number of allylic oxidation sites excluding steroid dienone is 3. The number of aliphatic hydroxyl groups is 1. The van der Waals surface area contributed by atoms with Crippen LogP contribution in [0.1, 0.15) is 39.3 Å². The monoisotopic (exact) mass is 548 g/mol. The number of hydrogen-bond acceptors (Lipinski definition) is 7. The summed E-state index contributed by atoms with van der Waals surface area (Å²) in [6, 6.07) is 10.6. The molecule has 4 rings (SSSR count). The second-order valence-corrected chi connectivity index (χ2v) is 11.7. The number of benzene rings is 1. The summed E-state index contributed by atoms with van der Waals surface area (Å²) in [4.78, 5) is 30.0. The number of carbonyl (C=O) groups excluding carboxylic acids is 2. The second kappa shape index (κ2) is 13.3. The first-order valence-electron chi connectivity index (χ1n) is 12.7. The van der Waals surface area contributed by atoms with Crippen molar-refractivity contribution >= 4 is 27.2 Å². The van der Waals surface area contributed by atoms with E-state index in [9.17, 15) is 13.8 Å². The zero-order valence-electron chi connectivity index (χ0n) is 21.7. The van der Waals surface area contributed by atoms with E-state index in [-0.39, 0.29) is 34.8 Å². The fraction of sp³-hybridized carbons (Fsp3) is 0.276. The number of aliphatic hydroxyl groups excluding tert-OH is 1. The minimum absolute atomic E-state index is 0.0245. The molecule has 0 radical (unpaired) electrons. The maximum Gasteiger partial charge on any atom is 0.291 e. The number of amides is 2. The maximum atomic E-state index is 14.0. The van der Waals surface area contributed by atoms with Gasteiger partial charge in [0.25, 0.3) is 11.8 Å². The fourth-order valence-electron chi connectivity index (χ4n) is 4.18. The molecule has 0 saturated heterocycles. The van der Waals surface area contributed by atoms with Crippen molar-refractivity contribution < 1.29 is 23.3 Å². The molecule has 1 aliphatic carbocycles. The van der Waals surface area contributed by atoms with E-state index in [2.05, 4.69) is 20.0 Å². The largest absolute Gasteiger partial charge is 0.459 e. The van der Waals surface area contributed by atoms with Gasteiger partial charge >= 0.3 is 0 Å². The van der Waals surface area contributed by atoms with Gasteiger partial charge in [0.1, 0.15) is 0 Å². The first-order valence-corrected chi connectivity index (χ1v) is 14.5. The van der Waals surface area contributed by atoms with E-state index in [1.807, 2.05) is 30.4 Å². The Morgan fingerprint density at radius 3 is 2.77 bits per heavy atom. The topological polar surface area (TPSA) is 134 Å². The number of rotatable bonds is 11. The van der Waals surface area contributed by atoms with Gasteiger partial charge in [-0.3, -0.25) is 14.6 Å². The molecule has 1 aromatic carbocycles. The number of pyridine rings is 1. The molecule has 3 aromatic rings. The molecule has 1 aliphatic rings. The Morgan fingerprint density at radius 2 is 2.03 bits per heavy atom. The fourth-order valence-corrected chi connectivity index (χ4v) is 6.40. The summed E-state index contributed by atoms with van der Waals surface area (Å²) in [7, 11) is -2.90. The Labute approximate surface area is 228 Å². The van der Waals surface area contributed by atoms with E-state index in [1.54, 1.807) is 43.5 Å². The van der Waals surface area contributed by atoms with Gasteiger partial charge in [-0.2, -0.15) is 4.36 Å². The first kappa shape index (κ1) is 28.2. The zero-order valence-corrected chi connectivity index (χ0v) is 22.5. The molecule has 0 bridgehead atoms. The van der Waals surface area contributed by atoms with Crippen molar-refractivity contribution in [2.75, 3.05) is 30.8 Å². The van der Waals surface area contributed by atoms with Crippen LogP contribution in [0.15, 0.2) is 88.1 Å². The lowest BCUT2D eigenvalue weighted by Crippen LogP contribution is -2.27. The quantitative estimate of drug-likeness (QED) is 0.303. The number of hydrogen-bond donors (Lipinski definition) is 3. The maximum absolute atomic E-state index is 14.0. The summed E-state index contributed by atoms with van der Waals surface area (Å²) in [6.07, 6.45) is 13.1. The van der Waals surface area contributed by atoms with Crippen LogP contribution in [0.5, 0.6) is 0 Å². The highest BCUT2D eigenvalue weighted by Gasteiger charge is 2.23. The molecule has 2 heterocycles. The number of aryl methyl sites for hydroxylation is 1. The molecule has 0 aliphatic heterocycles. The summed E-state index contributed by atoms with van der Waals surface area (Å²) in [5.41, 5.74) is 2.92. The molecule has 9 nitrogen and oxygen atoms in total. The van der Waals surface area contributed by atoms with E-state index < -0.39 is 15.6 Å². The number of nitrogens with one attached hydrogen (secondary N) is 2. The van der Waals surface area contributed by atoms with Crippen LogP contribution >= 0.6 is 0 Å². The Kier molecular flexibility index (Phi) is 9.59. The van der Waals surface area contributed by atoms with E-state index in [4.69, 9.17) is 9.52 Å². The van der Waals surface area contributed by atoms with E-state index in [0.717, 1.165) is 11.1 Å². The highest BCUT2D eigenvalue weighted by Crippen LogP contribution is 2.25. The average Bonchev–Trinajstić information content (AvgIpc) is 3.39. The van der Waals surface area contributed by atoms with Crippen molar-refractivity contribution in [2.45, 2.75) is 25.0 Å². The van der Waals surface area contributed by atoms with Crippen LogP contribution < -0.4 is 10.6 Å². The van der Waals surface area contributed by atoms with Crippen LogP contribution in [0, 0.1) is 6.92 Å². The molecule has 0 saturated carbocycles. The first-order chi connectivity index (χ1) is 18.9. The van der Waals surface area contributed by atoms with Crippen molar-refractivity contribution in [2.24, 2.45) is 4.36 Å². The van der Waals surface area contributed by atoms with Gasteiger partial charge in [0.05, 0.1) is 33.4 Å². The summed E-state index contributed by atoms with van der Waals surface area (Å²) >= 11 is 0. The van der Waals surface area contributed by atoms with Crippen LogP contribution in [0.4, 0.5) is 5.69 Å². The molecule has 204 valence electrons. The Morgan fingerprint density at radius 1 is 1.15 bits per heavy atom. The summed E-state index contributed by atoms with van der Waals surface area (Å²) in [5, 5.41) is 14.5. The molecule has 2 aromatic heterocycles. The third kappa shape index (κ3) is 7.38. The predicted octanol–water partition coefficient (Wildman–Crippen LogP) is 4.37. The Hall–Kier alpha value is -3.86. The number of carbonyl (C=O) groups is 2. The van der Waals surface area contributed by atoms with Crippen molar-refractivity contribution in [3.63, 3.8) is 0 Å². The summed E-state index contributed by atoms with van der Waals surface area (Å²) < 4.78 is 23.5. The molecule has 2 atom stereocenters. The van der Waals surface area contributed by atoms with Gasteiger partial charge < -0.3 is 20.2 Å². The number of nitrogens with zero attached hydrogens (tertiary/aromatic N) is 2. The minimum atomic E-state index is -2.90. The van der Waals surface area contributed by atoms with Crippen LogP contribution in [0.3, 0.4) is 0 Å². The second-order valence-electron chi connectivity index (χ2n) is 9.13. The highest BCUT2D eigenvalue weighted by molar-refractivity contribution is 7.94. The number of furan rings is 1. The summed E-state index contributed by atoms with van der Waals surface area (Å²) in [5.74, 6) is -0.446. The highest BCUT2D eigenvalue weighted by atomic mass is 32.2.